The number of nitrogens with zero attached hydrogens (tertiary/aromatic N) is 6. The Hall–Kier alpha value is -2.69. The molecule has 0 atom stereocenters. The number of anilines is 2. The second-order valence-electron chi connectivity index (χ2n) is 6.82. The van der Waals surface area contributed by atoms with Crippen molar-refractivity contribution in [3.63, 3.8) is 0 Å². The van der Waals surface area contributed by atoms with Gasteiger partial charge in [0, 0.05) is 35.7 Å². The second kappa shape index (κ2) is 9.63. The zero-order valence-electron chi connectivity index (χ0n) is 16.7. The first kappa shape index (κ1) is 21.5. The minimum absolute atomic E-state index is 0.419. The highest BCUT2D eigenvalue weighted by atomic mass is 79.9. The second-order valence-corrected chi connectivity index (χ2v) is 8.49. The fourth-order valence-electron chi connectivity index (χ4n) is 3.00. The van der Waals surface area contributed by atoms with Crippen molar-refractivity contribution in [1.29, 1.82) is 0 Å². The van der Waals surface area contributed by atoms with Gasteiger partial charge in [0.15, 0.2) is 10.9 Å². The Morgan fingerprint density at radius 3 is 2.61 bits per heavy atom. The van der Waals surface area contributed by atoms with E-state index in [1.807, 2.05) is 58.4 Å². The van der Waals surface area contributed by atoms with E-state index in [2.05, 4.69) is 48.8 Å². The van der Waals surface area contributed by atoms with E-state index in [0.29, 0.717) is 29.0 Å². The molecule has 0 aliphatic heterocycles. The van der Waals surface area contributed by atoms with Gasteiger partial charge in [0.1, 0.15) is 0 Å². The third kappa shape index (κ3) is 5.52. The minimum Gasteiger partial charge on any atom is -0.330 e. The number of aryl methyl sites for hydroxylation is 1. The highest BCUT2D eigenvalue weighted by Gasteiger charge is 2.11. The van der Waals surface area contributed by atoms with E-state index in [0.717, 1.165) is 27.8 Å². The molecule has 4 aromatic rings. The standard InChI is InChI=1S/C20H20BrClN8S/c1-2-28-9-14(7-23-28)10-29-12-16(8-24-29)25-20(31)26-19-17(21)13-30(27-19)11-15-5-3-4-6-18(15)22/h3-9,12-13H,2,10-11H2,1H3,(H2,25,26,27,31). The number of nitrogens with one attached hydrogen (secondary N) is 2. The van der Waals surface area contributed by atoms with Gasteiger partial charge in [0.05, 0.1) is 35.6 Å². The molecule has 8 nitrogen and oxygen atoms in total. The van der Waals surface area contributed by atoms with Crippen LogP contribution in [0, 0.1) is 0 Å². The molecule has 0 bridgehead atoms. The van der Waals surface area contributed by atoms with E-state index in [-0.39, 0.29) is 0 Å². The van der Waals surface area contributed by atoms with Gasteiger partial charge in [-0.15, -0.1) is 0 Å². The zero-order chi connectivity index (χ0) is 21.8. The van der Waals surface area contributed by atoms with Gasteiger partial charge in [-0.3, -0.25) is 14.0 Å². The van der Waals surface area contributed by atoms with Crippen LogP contribution in [-0.2, 0) is 19.6 Å². The quantitative estimate of drug-likeness (QED) is 0.347. The minimum atomic E-state index is 0.419. The molecule has 0 unspecified atom stereocenters. The molecule has 0 radical (unpaired) electrons. The number of rotatable bonds is 7. The molecular weight excluding hydrogens is 500 g/mol. The maximum absolute atomic E-state index is 6.25. The molecule has 3 heterocycles. The fourth-order valence-corrected chi connectivity index (χ4v) is 3.82. The largest absolute Gasteiger partial charge is 0.330 e. The normalized spacial score (nSPS) is 10.9. The third-order valence-corrected chi connectivity index (χ3v) is 5.64. The van der Waals surface area contributed by atoms with Crippen LogP contribution in [0.15, 0.2) is 59.7 Å². The lowest BCUT2D eigenvalue weighted by Gasteiger charge is -2.07. The Kier molecular flexibility index (Phi) is 6.69. The fraction of sp³-hybridized carbons (Fsp3) is 0.200. The van der Waals surface area contributed by atoms with Crippen molar-refractivity contribution < 1.29 is 0 Å². The van der Waals surface area contributed by atoms with Crippen LogP contribution in [0.1, 0.15) is 18.1 Å². The summed E-state index contributed by atoms with van der Waals surface area (Å²) in [5.41, 5.74) is 2.86. The highest BCUT2D eigenvalue weighted by molar-refractivity contribution is 9.10. The first-order valence-corrected chi connectivity index (χ1v) is 11.2. The Labute approximate surface area is 198 Å². The van der Waals surface area contributed by atoms with Crippen LogP contribution in [0.4, 0.5) is 11.5 Å². The first-order chi connectivity index (χ1) is 15.0. The number of aromatic nitrogens is 6. The predicted octanol–water partition coefficient (Wildman–Crippen LogP) is 4.62. The number of benzene rings is 1. The van der Waals surface area contributed by atoms with E-state index in [9.17, 15) is 0 Å². The van der Waals surface area contributed by atoms with Gasteiger partial charge in [-0.2, -0.15) is 15.3 Å². The van der Waals surface area contributed by atoms with Crippen LogP contribution in [0.5, 0.6) is 0 Å². The summed E-state index contributed by atoms with van der Waals surface area (Å²) in [5, 5.41) is 20.6. The van der Waals surface area contributed by atoms with Crippen LogP contribution in [0.2, 0.25) is 5.02 Å². The summed E-state index contributed by atoms with van der Waals surface area (Å²) in [6, 6.07) is 7.70. The van der Waals surface area contributed by atoms with Gasteiger partial charge in [0.2, 0.25) is 0 Å². The van der Waals surface area contributed by atoms with Crippen LogP contribution in [-0.4, -0.2) is 34.5 Å². The average molecular weight is 520 g/mol. The van der Waals surface area contributed by atoms with Gasteiger partial charge in [-0.05, 0) is 46.7 Å². The number of thiocarbonyl (C=S) groups is 1. The Balaban J connectivity index is 1.35. The molecule has 11 heteroatoms. The molecule has 0 saturated heterocycles. The molecule has 0 amide bonds. The van der Waals surface area contributed by atoms with Crippen molar-refractivity contribution in [2.75, 3.05) is 10.6 Å². The van der Waals surface area contributed by atoms with Crippen LogP contribution in [0.3, 0.4) is 0 Å². The molecule has 160 valence electrons. The lowest BCUT2D eigenvalue weighted by Crippen LogP contribution is -2.19. The molecular formula is C20H20BrClN8S. The molecule has 31 heavy (non-hydrogen) atoms. The highest BCUT2D eigenvalue weighted by Crippen LogP contribution is 2.23. The van der Waals surface area contributed by atoms with Crippen molar-refractivity contribution in [2.24, 2.45) is 0 Å². The van der Waals surface area contributed by atoms with E-state index >= 15 is 0 Å². The number of halogens is 2. The Bertz CT molecular complexity index is 1200. The molecule has 3 aromatic heterocycles. The summed E-state index contributed by atoms with van der Waals surface area (Å²) < 4.78 is 6.31. The summed E-state index contributed by atoms with van der Waals surface area (Å²) >= 11 is 15.2. The van der Waals surface area contributed by atoms with Crippen molar-refractivity contribution >= 4 is 56.4 Å². The molecule has 1 aromatic carbocycles. The lowest BCUT2D eigenvalue weighted by atomic mass is 10.2. The molecule has 0 saturated carbocycles. The maximum Gasteiger partial charge on any atom is 0.176 e. The van der Waals surface area contributed by atoms with Crippen LogP contribution in [0.25, 0.3) is 0 Å². The van der Waals surface area contributed by atoms with Crippen LogP contribution < -0.4 is 10.6 Å². The number of hydrogen-bond donors (Lipinski definition) is 2. The molecule has 4 rings (SSSR count). The smallest absolute Gasteiger partial charge is 0.176 e. The van der Waals surface area contributed by atoms with Crippen molar-refractivity contribution in [3.8, 4) is 0 Å². The molecule has 0 spiro atoms. The van der Waals surface area contributed by atoms with Crippen molar-refractivity contribution in [2.45, 2.75) is 26.6 Å². The Morgan fingerprint density at radius 1 is 1.03 bits per heavy atom. The van der Waals surface area contributed by atoms with Gasteiger partial charge in [-0.1, -0.05) is 29.8 Å². The summed E-state index contributed by atoms with van der Waals surface area (Å²) in [6.45, 7) is 4.09. The van der Waals surface area contributed by atoms with E-state index in [1.54, 1.807) is 10.9 Å². The summed E-state index contributed by atoms with van der Waals surface area (Å²) in [6.07, 6.45) is 9.35. The molecule has 0 aliphatic rings. The van der Waals surface area contributed by atoms with Crippen molar-refractivity contribution in [1.82, 2.24) is 29.3 Å². The summed E-state index contributed by atoms with van der Waals surface area (Å²) in [4.78, 5) is 0. The van der Waals surface area contributed by atoms with E-state index in [4.69, 9.17) is 23.8 Å². The van der Waals surface area contributed by atoms with E-state index in [1.165, 1.54) is 0 Å². The Morgan fingerprint density at radius 2 is 1.84 bits per heavy atom. The van der Waals surface area contributed by atoms with Crippen LogP contribution >= 0.6 is 39.7 Å². The predicted molar refractivity (Wildman–Crippen MR) is 130 cm³/mol. The molecule has 0 aliphatic carbocycles. The monoisotopic (exact) mass is 518 g/mol. The molecule has 0 fully saturated rings. The van der Waals surface area contributed by atoms with Gasteiger partial charge in [0.25, 0.3) is 0 Å². The van der Waals surface area contributed by atoms with Gasteiger partial charge < -0.3 is 10.6 Å². The van der Waals surface area contributed by atoms with E-state index < -0.39 is 0 Å². The average Bonchev–Trinajstić information content (AvgIpc) is 3.45. The maximum atomic E-state index is 6.25. The number of hydrogen-bond acceptors (Lipinski definition) is 4. The summed E-state index contributed by atoms with van der Waals surface area (Å²) in [5.74, 6) is 0.615. The topological polar surface area (TPSA) is 77.5 Å². The van der Waals surface area contributed by atoms with Gasteiger partial charge >= 0.3 is 0 Å². The van der Waals surface area contributed by atoms with Gasteiger partial charge in [-0.25, -0.2) is 0 Å². The third-order valence-electron chi connectivity index (χ3n) is 4.49. The summed E-state index contributed by atoms with van der Waals surface area (Å²) in [7, 11) is 0. The zero-order valence-corrected chi connectivity index (χ0v) is 19.8. The van der Waals surface area contributed by atoms with Crippen molar-refractivity contribution in [3.05, 3.63) is 75.9 Å². The molecule has 2 N–H and O–H groups in total. The lowest BCUT2D eigenvalue weighted by molar-refractivity contribution is 0.654. The first-order valence-electron chi connectivity index (χ1n) is 9.58. The SMILES string of the molecule is CCn1cc(Cn2cc(NC(=S)Nc3nn(Cc4ccccc4Cl)cc3Br)cn2)cn1.